The van der Waals surface area contributed by atoms with Gasteiger partial charge in [0, 0.05) is 25.0 Å². The zero-order chi connectivity index (χ0) is 26.9. The van der Waals surface area contributed by atoms with Gasteiger partial charge in [-0.1, -0.05) is 126 Å². The highest BCUT2D eigenvalue weighted by molar-refractivity contribution is 6.99. The largest absolute Gasteiger partial charge is 0.407 e. The normalized spacial score (nSPS) is 15.6. The minimum absolute atomic E-state index is 0.123. The van der Waals surface area contributed by atoms with Crippen LogP contribution in [0, 0.1) is 11.8 Å². The molecule has 0 aromatic heterocycles. The van der Waals surface area contributed by atoms with Gasteiger partial charge in [-0.25, -0.2) is 0 Å². The first-order valence-corrected chi connectivity index (χ1v) is 15.3. The fourth-order valence-corrected chi connectivity index (χ4v) is 9.76. The van der Waals surface area contributed by atoms with Crippen LogP contribution in [0.5, 0.6) is 0 Å². The maximum atomic E-state index is 11.2. The van der Waals surface area contributed by atoms with E-state index in [4.69, 9.17) is 9.16 Å². The van der Waals surface area contributed by atoms with E-state index in [1.807, 2.05) is 56.3 Å². The van der Waals surface area contributed by atoms with Crippen molar-refractivity contribution < 1.29 is 19.4 Å². The first-order chi connectivity index (χ1) is 17.7. The molecule has 0 aliphatic heterocycles. The fourth-order valence-electron chi connectivity index (χ4n) is 5.09. The van der Waals surface area contributed by atoms with Crippen molar-refractivity contribution >= 4 is 18.7 Å². The van der Waals surface area contributed by atoms with Crippen LogP contribution in [0.1, 0.15) is 46.6 Å². The van der Waals surface area contributed by atoms with Gasteiger partial charge in [0.2, 0.25) is 0 Å². The summed E-state index contributed by atoms with van der Waals surface area (Å²) in [5, 5.41) is 24.3. The monoisotopic (exact) mass is 520 g/mol. The summed E-state index contributed by atoms with van der Waals surface area (Å²) in [4.78, 5) is 0. The molecule has 0 fully saturated rings. The Kier molecular flexibility index (Phi) is 10.7. The molecule has 0 radical (unpaired) electrons. The third-order valence-corrected chi connectivity index (χ3v) is 12.4. The van der Waals surface area contributed by atoms with Gasteiger partial charge in [0.15, 0.2) is 0 Å². The Bertz CT molecular complexity index is 997. The Morgan fingerprint density at radius 2 is 1.24 bits per heavy atom. The van der Waals surface area contributed by atoms with Crippen LogP contribution < -0.4 is 10.4 Å². The molecule has 4 nitrogen and oxygen atoms in total. The molecule has 37 heavy (non-hydrogen) atoms. The number of hydrogen-bond acceptors (Lipinski definition) is 4. The lowest BCUT2D eigenvalue weighted by molar-refractivity contribution is -0.0306. The van der Waals surface area contributed by atoms with Crippen molar-refractivity contribution in [3.05, 3.63) is 96.6 Å². The SMILES string of the molecule is C[C@@H]([C@@H](O)[C@H](C)CO[Si](c1ccccc1)(c1ccccc1)C(C)(C)C)[C@@H](O)CCOCc1ccccc1. The summed E-state index contributed by atoms with van der Waals surface area (Å²) in [7, 11) is -2.67. The van der Waals surface area contributed by atoms with Gasteiger partial charge in [-0.05, 0) is 27.4 Å². The summed E-state index contributed by atoms with van der Waals surface area (Å²) in [5.74, 6) is -0.436. The van der Waals surface area contributed by atoms with E-state index in [-0.39, 0.29) is 16.9 Å². The highest BCUT2D eigenvalue weighted by atomic mass is 28.4. The van der Waals surface area contributed by atoms with Crippen molar-refractivity contribution in [2.24, 2.45) is 11.8 Å². The number of aliphatic hydroxyl groups excluding tert-OH is 2. The Balaban J connectivity index is 1.66. The van der Waals surface area contributed by atoms with Crippen LogP contribution in [0.25, 0.3) is 0 Å². The quantitative estimate of drug-likeness (QED) is 0.241. The molecule has 0 saturated carbocycles. The second-order valence-electron chi connectivity index (χ2n) is 11.2. The average Bonchev–Trinajstić information content (AvgIpc) is 2.91. The van der Waals surface area contributed by atoms with Crippen molar-refractivity contribution in [1.29, 1.82) is 0 Å². The van der Waals surface area contributed by atoms with E-state index in [9.17, 15) is 10.2 Å². The number of aliphatic hydroxyl groups is 2. The van der Waals surface area contributed by atoms with E-state index in [1.165, 1.54) is 10.4 Å². The number of hydrogen-bond donors (Lipinski definition) is 2. The predicted octanol–water partition coefficient (Wildman–Crippen LogP) is 5.16. The van der Waals surface area contributed by atoms with E-state index in [2.05, 4.69) is 69.3 Å². The standard InChI is InChI=1S/C32H44O4Si/c1-25(31(34)26(2)30(33)21-22-35-24-27-15-9-6-10-16-27)23-36-37(32(3,4)5,28-17-11-7-12-18-28)29-19-13-8-14-20-29/h6-20,25-26,30-31,33-34H,21-24H2,1-5H3/t25-,26-,30+,31+/m1/s1. The second kappa shape index (κ2) is 13.5. The fraction of sp³-hybridized carbons (Fsp3) is 0.438. The summed E-state index contributed by atoms with van der Waals surface area (Å²) >= 11 is 0. The summed E-state index contributed by atoms with van der Waals surface area (Å²) in [5.41, 5.74) is 1.11. The van der Waals surface area contributed by atoms with E-state index in [0.717, 1.165) is 5.56 Å². The smallest absolute Gasteiger partial charge is 0.261 e. The Hall–Kier alpha value is -2.28. The molecule has 3 aromatic carbocycles. The number of benzene rings is 3. The summed E-state index contributed by atoms with van der Waals surface area (Å²) in [6.45, 7) is 12.1. The van der Waals surface area contributed by atoms with Gasteiger partial charge < -0.3 is 19.4 Å². The van der Waals surface area contributed by atoms with Crippen LogP contribution >= 0.6 is 0 Å². The van der Waals surface area contributed by atoms with Crippen molar-refractivity contribution in [1.82, 2.24) is 0 Å². The van der Waals surface area contributed by atoms with Crippen LogP contribution in [-0.4, -0.2) is 44.0 Å². The zero-order valence-corrected chi connectivity index (χ0v) is 24.0. The lowest BCUT2D eigenvalue weighted by Crippen LogP contribution is -2.67. The van der Waals surface area contributed by atoms with Gasteiger partial charge in [-0.2, -0.15) is 0 Å². The highest BCUT2D eigenvalue weighted by Gasteiger charge is 2.50. The molecule has 200 valence electrons. The van der Waals surface area contributed by atoms with E-state index in [1.54, 1.807) is 0 Å². The van der Waals surface area contributed by atoms with Gasteiger partial charge in [0.05, 0.1) is 18.8 Å². The molecular weight excluding hydrogens is 476 g/mol. The minimum Gasteiger partial charge on any atom is -0.407 e. The highest BCUT2D eigenvalue weighted by Crippen LogP contribution is 2.37. The molecule has 2 N–H and O–H groups in total. The van der Waals surface area contributed by atoms with Crippen molar-refractivity contribution in [3.8, 4) is 0 Å². The molecule has 5 heteroatoms. The van der Waals surface area contributed by atoms with Gasteiger partial charge in [-0.15, -0.1) is 0 Å². The Morgan fingerprint density at radius 3 is 1.73 bits per heavy atom. The third kappa shape index (κ3) is 7.40. The van der Waals surface area contributed by atoms with Gasteiger partial charge in [0.25, 0.3) is 8.32 Å². The Labute approximate surface area is 224 Å². The van der Waals surface area contributed by atoms with Crippen LogP contribution in [0.4, 0.5) is 0 Å². The van der Waals surface area contributed by atoms with Gasteiger partial charge in [0.1, 0.15) is 0 Å². The van der Waals surface area contributed by atoms with Crippen LogP contribution in [0.15, 0.2) is 91.0 Å². The summed E-state index contributed by atoms with van der Waals surface area (Å²) in [6.07, 6.45) is -0.865. The van der Waals surface area contributed by atoms with Crippen LogP contribution in [-0.2, 0) is 15.8 Å². The lowest BCUT2D eigenvalue weighted by Gasteiger charge is -2.44. The van der Waals surface area contributed by atoms with Crippen LogP contribution in [0.2, 0.25) is 5.04 Å². The van der Waals surface area contributed by atoms with Gasteiger partial charge >= 0.3 is 0 Å². The second-order valence-corrected chi connectivity index (χ2v) is 15.5. The molecule has 4 atom stereocenters. The molecule has 3 rings (SSSR count). The number of ether oxygens (including phenoxy) is 1. The zero-order valence-electron chi connectivity index (χ0n) is 23.0. The molecule has 0 saturated heterocycles. The Morgan fingerprint density at radius 1 is 0.757 bits per heavy atom. The summed E-state index contributed by atoms with van der Waals surface area (Å²) in [6, 6.07) is 31.1. The molecule has 0 amide bonds. The van der Waals surface area contributed by atoms with E-state index in [0.29, 0.717) is 26.2 Å². The van der Waals surface area contributed by atoms with Gasteiger partial charge in [-0.3, -0.25) is 0 Å². The first kappa shape index (κ1) is 29.3. The van der Waals surface area contributed by atoms with Crippen LogP contribution in [0.3, 0.4) is 0 Å². The minimum atomic E-state index is -2.67. The first-order valence-electron chi connectivity index (χ1n) is 13.4. The topological polar surface area (TPSA) is 58.9 Å². The molecule has 3 aromatic rings. The predicted molar refractivity (Wildman–Crippen MR) is 155 cm³/mol. The third-order valence-electron chi connectivity index (χ3n) is 7.38. The molecule has 0 spiro atoms. The summed E-state index contributed by atoms with van der Waals surface area (Å²) < 4.78 is 12.7. The molecule has 0 aliphatic rings. The lowest BCUT2D eigenvalue weighted by atomic mass is 9.88. The van der Waals surface area contributed by atoms with E-state index >= 15 is 0 Å². The maximum absolute atomic E-state index is 11.2. The maximum Gasteiger partial charge on any atom is 0.261 e. The van der Waals surface area contributed by atoms with Crippen molar-refractivity contribution in [2.45, 2.75) is 64.9 Å². The molecule has 0 unspecified atom stereocenters. The van der Waals surface area contributed by atoms with Crippen molar-refractivity contribution in [2.75, 3.05) is 13.2 Å². The van der Waals surface area contributed by atoms with E-state index < -0.39 is 20.5 Å². The molecular formula is C32H44O4Si. The number of rotatable bonds is 13. The molecule has 0 bridgehead atoms. The average molecular weight is 521 g/mol. The molecule has 0 heterocycles. The molecule has 0 aliphatic carbocycles. The van der Waals surface area contributed by atoms with Crippen molar-refractivity contribution in [3.63, 3.8) is 0 Å².